The number of amides is 2. The predicted molar refractivity (Wildman–Crippen MR) is 67.6 cm³/mol. The maximum absolute atomic E-state index is 10.4. The SMILES string of the molecule is CCCOc1ccc(/C=N\NC(N)=O)cc1Cl. The van der Waals surface area contributed by atoms with Crippen LogP contribution in [0.2, 0.25) is 5.02 Å². The van der Waals surface area contributed by atoms with Crippen LogP contribution in [0.1, 0.15) is 18.9 Å². The lowest BCUT2D eigenvalue weighted by Crippen LogP contribution is -2.24. The van der Waals surface area contributed by atoms with Crippen LogP contribution in [0.25, 0.3) is 0 Å². The molecule has 0 bridgehead atoms. The average Bonchev–Trinajstić information content (AvgIpc) is 2.27. The first-order valence-corrected chi connectivity index (χ1v) is 5.52. The van der Waals surface area contributed by atoms with E-state index in [1.54, 1.807) is 18.2 Å². The number of halogens is 1. The zero-order valence-corrected chi connectivity index (χ0v) is 10.2. The summed E-state index contributed by atoms with van der Waals surface area (Å²) in [5.41, 5.74) is 7.70. The number of nitrogens with one attached hydrogen (secondary N) is 1. The first kappa shape index (κ1) is 13.3. The summed E-state index contributed by atoms with van der Waals surface area (Å²) in [6, 6.07) is 4.51. The van der Waals surface area contributed by atoms with Crippen molar-refractivity contribution in [1.82, 2.24) is 5.43 Å². The maximum Gasteiger partial charge on any atom is 0.332 e. The van der Waals surface area contributed by atoms with Crippen LogP contribution >= 0.6 is 11.6 Å². The molecule has 0 saturated carbocycles. The molecule has 1 rings (SSSR count). The van der Waals surface area contributed by atoms with Crippen molar-refractivity contribution >= 4 is 23.8 Å². The molecule has 0 aliphatic carbocycles. The second-order valence-electron chi connectivity index (χ2n) is 3.27. The van der Waals surface area contributed by atoms with E-state index in [1.165, 1.54) is 6.21 Å². The van der Waals surface area contributed by atoms with Gasteiger partial charge in [-0.2, -0.15) is 5.10 Å². The van der Waals surface area contributed by atoms with Crippen LogP contribution in [0.15, 0.2) is 23.3 Å². The first-order chi connectivity index (χ1) is 8.13. The number of hydrogen-bond donors (Lipinski definition) is 2. The Balaban J connectivity index is 2.68. The number of carbonyl (C=O) groups is 1. The summed E-state index contributed by atoms with van der Waals surface area (Å²) in [5.74, 6) is 0.633. The molecule has 2 amide bonds. The fraction of sp³-hybridized carbons (Fsp3) is 0.273. The largest absolute Gasteiger partial charge is 0.492 e. The van der Waals surface area contributed by atoms with E-state index in [-0.39, 0.29) is 0 Å². The molecular weight excluding hydrogens is 242 g/mol. The van der Waals surface area contributed by atoms with E-state index in [0.717, 1.165) is 12.0 Å². The summed E-state index contributed by atoms with van der Waals surface area (Å²) in [5, 5.41) is 4.13. The fourth-order valence-electron chi connectivity index (χ4n) is 1.10. The molecule has 0 heterocycles. The molecular formula is C11H14ClN3O2. The number of primary amides is 1. The molecule has 5 nitrogen and oxygen atoms in total. The molecule has 0 aliphatic rings. The number of ether oxygens (including phenoxy) is 1. The van der Waals surface area contributed by atoms with Crippen molar-refractivity contribution < 1.29 is 9.53 Å². The van der Waals surface area contributed by atoms with Crippen LogP contribution < -0.4 is 15.9 Å². The average molecular weight is 256 g/mol. The number of benzene rings is 1. The van der Waals surface area contributed by atoms with Crippen LogP contribution in [0.4, 0.5) is 4.79 Å². The zero-order valence-electron chi connectivity index (χ0n) is 9.44. The second-order valence-corrected chi connectivity index (χ2v) is 3.68. The number of hydrogen-bond acceptors (Lipinski definition) is 3. The quantitative estimate of drug-likeness (QED) is 0.625. The third-order valence-corrected chi connectivity index (χ3v) is 2.10. The maximum atomic E-state index is 10.4. The highest BCUT2D eigenvalue weighted by Crippen LogP contribution is 2.24. The van der Waals surface area contributed by atoms with Gasteiger partial charge in [0.05, 0.1) is 17.8 Å². The summed E-state index contributed by atoms with van der Waals surface area (Å²) < 4.78 is 5.42. The Bertz CT molecular complexity index is 421. The molecule has 0 aliphatic heterocycles. The Labute approximate surface area is 105 Å². The molecule has 3 N–H and O–H groups in total. The Morgan fingerprint density at radius 2 is 2.41 bits per heavy atom. The Morgan fingerprint density at radius 1 is 1.65 bits per heavy atom. The van der Waals surface area contributed by atoms with Gasteiger partial charge in [-0.15, -0.1) is 0 Å². The van der Waals surface area contributed by atoms with Gasteiger partial charge < -0.3 is 10.5 Å². The minimum Gasteiger partial charge on any atom is -0.492 e. The Hall–Kier alpha value is -1.75. The fourth-order valence-corrected chi connectivity index (χ4v) is 1.34. The van der Waals surface area contributed by atoms with Crippen LogP contribution in [0.3, 0.4) is 0 Å². The van der Waals surface area contributed by atoms with Crippen LogP contribution in [0, 0.1) is 0 Å². The van der Waals surface area contributed by atoms with E-state index in [0.29, 0.717) is 17.4 Å². The summed E-state index contributed by atoms with van der Waals surface area (Å²) in [4.78, 5) is 10.4. The summed E-state index contributed by atoms with van der Waals surface area (Å²) in [6.07, 6.45) is 2.36. The Morgan fingerprint density at radius 3 is 3.00 bits per heavy atom. The van der Waals surface area contributed by atoms with Crippen molar-refractivity contribution in [2.75, 3.05) is 6.61 Å². The number of carbonyl (C=O) groups excluding carboxylic acids is 1. The standard InChI is InChI=1S/C11H14ClN3O2/c1-2-5-17-10-4-3-8(6-9(10)12)7-14-15-11(13)16/h3-4,6-7H,2,5H2,1H3,(H3,13,15,16)/b14-7-. The molecule has 6 heteroatoms. The van der Waals surface area contributed by atoms with Crippen molar-refractivity contribution in [2.45, 2.75) is 13.3 Å². The van der Waals surface area contributed by atoms with Gasteiger partial charge in [0.1, 0.15) is 5.75 Å². The van der Waals surface area contributed by atoms with Crippen LogP contribution in [0.5, 0.6) is 5.75 Å². The number of rotatable bonds is 5. The highest BCUT2D eigenvalue weighted by atomic mass is 35.5. The van der Waals surface area contributed by atoms with Crippen molar-refractivity contribution in [1.29, 1.82) is 0 Å². The van der Waals surface area contributed by atoms with E-state index < -0.39 is 6.03 Å². The lowest BCUT2D eigenvalue weighted by molar-refractivity contribution is 0.249. The third-order valence-electron chi connectivity index (χ3n) is 1.81. The van der Waals surface area contributed by atoms with Gasteiger partial charge in [0.2, 0.25) is 0 Å². The molecule has 0 unspecified atom stereocenters. The summed E-state index contributed by atoms with van der Waals surface area (Å²) >= 11 is 6.01. The molecule has 1 aromatic rings. The minimum atomic E-state index is -0.713. The van der Waals surface area contributed by atoms with Crippen molar-refractivity contribution in [3.8, 4) is 5.75 Å². The predicted octanol–water partition coefficient (Wildman–Crippen LogP) is 2.13. The minimum absolute atomic E-state index is 0.501. The smallest absolute Gasteiger partial charge is 0.332 e. The number of hydrazone groups is 1. The van der Waals surface area contributed by atoms with E-state index >= 15 is 0 Å². The molecule has 0 fully saturated rings. The van der Waals surface area contributed by atoms with Crippen molar-refractivity contribution in [3.63, 3.8) is 0 Å². The topological polar surface area (TPSA) is 76.7 Å². The lowest BCUT2D eigenvalue weighted by atomic mass is 10.2. The van der Waals surface area contributed by atoms with E-state index in [2.05, 4.69) is 10.5 Å². The third kappa shape index (κ3) is 4.74. The molecule has 0 atom stereocenters. The molecule has 0 aromatic heterocycles. The highest BCUT2D eigenvalue weighted by Gasteiger charge is 2.01. The van der Waals surface area contributed by atoms with Gasteiger partial charge in [-0.05, 0) is 30.2 Å². The van der Waals surface area contributed by atoms with Crippen molar-refractivity contribution in [2.24, 2.45) is 10.8 Å². The van der Waals surface area contributed by atoms with Gasteiger partial charge >= 0.3 is 6.03 Å². The van der Waals surface area contributed by atoms with Gasteiger partial charge in [-0.25, -0.2) is 10.2 Å². The van der Waals surface area contributed by atoms with Crippen molar-refractivity contribution in [3.05, 3.63) is 28.8 Å². The molecule has 1 aromatic carbocycles. The van der Waals surface area contributed by atoms with Crippen LogP contribution in [-0.4, -0.2) is 18.9 Å². The summed E-state index contributed by atoms with van der Waals surface area (Å²) in [6.45, 7) is 2.64. The normalized spacial score (nSPS) is 10.5. The van der Waals surface area contributed by atoms with Gasteiger partial charge in [-0.1, -0.05) is 18.5 Å². The lowest BCUT2D eigenvalue weighted by Gasteiger charge is -2.06. The molecule has 0 radical (unpaired) electrons. The van der Waals surface area contributed by atoms with Gasteiger partial charge in [0, 0.05) is 0 Å². The van der Waals surface area contributed by atoms with Gasteiger partial charge in [-0.3, -0.25) is 0 Å². The van der Waals surface area contributed by atoms with Gasteiger partial charge in [0.25, 0.3) is 0 Å². The molecule has 0 spiro atoms. The summed E-state index contributed by atoms with van der Waals surface area (Å²) in [7, 11) is 0. The van der Waals surface area contributed by atoms with E-state index in [1.807, 2.05) is 6.92 Å². The number of nitrogens with two attached hydrogens (primary N) is 1. The first-order valence-electron chi connectivity index (χ1n) is 5.14. The zero-order chi connectivity index (χ0) is 12.7. The highest BCUT2D eigenvalue weighted by molar-refractivity contribution is 6.32. The molecule has 0 saturated heterocycles. The van der Waals surface area contributed by atoms with E-state index in [4.69, 9.17) is 22.1 Å². The molecule has 92 valence electrons. The molecule has 17 heavy (non-hydrogen) atoms. The van der Waals surface area contributed by atoms with Crippen LogP contribution in [-0.2, 0) is 0 Å². The van der Waals surface area contributed by atoms with Gasteiger partial charge in [0.15, 0.2) is 0 Å². The monoisotopic (exact) mass is 255 g/mol. The number of urea groups is 1. The van der Waals surface area contributed by atoms with E-state index in [9.17, 15) is 4.79 Å². The second kappa shape index (κ2) is 6.75. The number of nitrogens with zero attached hydrogens (tertiary/aromatic N) is 1. The Kier molecular flexibility index (Phi) is 5.29.